The predicted molar refractivity (Wildman–Crippen MR) is 117 cm³/mol. The average Bonchev–Trinajstić information content (AvgIpc) is 3.42. The van der Waals surface area contributed by atoms with Crippen molar-refractivity contribution in [1.29, 1.82) is 0 Å². The van der Waals surface area contributed by atoms with Gasteiger partial charge in [0.1, 0.15) is 17.5 Å². The van der Waals surface area contributed by atoms with Crippen LogP contribution in [0.4, 0.5) is 9.18 Å². The summed E-state index contributed by atoms with van der Waals surface area (Å²) in [6.45, 7) is 5.81. The van der Waals surface area contributed by atoms with E-state index < -0.39 is 30.0 Å². The van der Waals surface area contributed by atoms with Crippen molar-refractivity contribution in [2.45, 2.75) is 51.1 Å². The van der Waals surface area contributed by atoms with Crippen molar-refractivity contribution in [3.8, 4) is 21.5 Å². The molecular weight excluding hydrogens is 461 g/mol. The van der Waals surface area contributed by atoms with Crippen LogP contribution in [0.25, 0.3) is 10.6 Å². The van der Waals surface area contributed by atoms with E-state index in [1.807, 2.05) is 0 Å². The Hall–Kier alpha value is -2.17. The quantitative estimate of drug-likeness (QED) is 0.554. The molecule has 2 aliphatic rings. The number of aromatic nitrogens is 2. The number of carbonyl (C=O) groups is 1. The van der Waals surface area contributed by atoms with Crippen molar-refractivity contribution in [3.05, 3.63) is 23.2 Å². The normalized spacial score (nSPS) is 24.6. The van der Waals surface area contributed by atoms with Crippen LogP contribution in [-0.2, 0) is 9.47 Å². The van der Waals surface area contributed by atoms with Crippen molar-refractivity contribution in [2.75, 3.05) is 20.4 Å². The summed E-state index contributed by atoms with van der Waals surface area (Å²) in [7, 11) is 1.52. The molecule has 2 unspecified atom stereocenters. The van der Waals surface area contributed by atoms with E-state index in [-0.39, 0.29) is 17.9 Å². The predicted octanol–water partition coefficient (Wildman–Crippen LogP) is 4.57. The summed E-state index contributed by atoms with van der Waals surface area (Å²) in [5.41, 5.74) is 0.0523. The van der Waals surface area contributed by atoms with Gasteiger partial charge in [-0.1, -0.05) is 28.0 Å². The highest BCUT2D eigenvalue weighted by Gasteiger charge is 2.56. The summed E-state index contributed by atoms with van der Waals surface area (Å²) in [5, 5.41) is 9.57. The third-order valence-electron chi connectivity index (χ3n) is 5.30. The molecule has 4 rings (SSSR count). The fourth-order valence-electron chi connectivity index (χ4n) is 4.01. The number of carbonyl (C=O) groups excluding carboxylic acids is 1. The number of piperidine rings is 1. The molecule has 2 aromatic rings. The molecule has 32 heavy (non-hydrogen) atoms. The summed E-state index contributed by atoms with van der Waals surface area (Å²) in [6, 6.07) is 4.59. The second-order valence-corrected chi connectivity index (χ2v) is 10.2. The number of nitrogens with zero attached hydrogens (tertiary/aromatic N) is 3. The van der Waals surface area contributed by atoms with Gasteiger partial charge in [-0.05, 0) is 45.4 Å². The Morgan fingerprint density at radius 2 is 2.12 bits per heavy atom. The first-order valence-corrected chi connectivity index (χ1v) is 11.4. The number of hydrogen-bond acceptors (Lipinski definition) is 8. The molecule has 0 spiro atoms. The van der Waals surface area contributed by atoms with Crippen LogP contribution in [0.1, 0.15) is 27.2 Å². The van der Waals surface area contributed by atoms with Gasteiger partial charge in [-0.25, -0.2) is 9.18 Å². The Bertz CT molecular complexity index is 983. The SMILES string of the molecule is COCOc1cc(Cl)ccc1-c1nnc(O[C@@H]2C3CC([C@H]2F)N(C(=O)OC(C)(C)C)C3)s1. The third-order valence-corrected chi connectivity index (χ3v) is 6.38. The summed E-state index contributed by atoms with van der Waals surface area (Å²) in [5.74, 6) is 0.365. The number of alkyl halides is 1. The van der Waals surface area contributed by atoms with Gasteiger partial charge in [-0.2, -0.15) is 0 Å². The number of fused-ring (bicyclic) bond motifs is 2. The van der Waals surface area contributed by atoms with Crippen molar-refractivity contribution >= 4 is 29.0 Å². The Balaban J connectivity index is 1.44. The Morgan fingerprint density at radius 1 is 1.34 bits per heavy atom. The van der Waals surface area contributed by atoms with Gasteiger partial charge >= 0.3 is 6.09 Å². The van der Waals surface area contributed by atoms with Crippen LogP contribution in [0.5, 0.6) is 10.9 Å². The summed E-state index contributed by atoms with van der Waals surface area (Å²) in [6.07, 6.45) is -1.97. The van der Waals surface area contributed by atoms with Crippen LogP contribution < -0.4 is 9.47 Å². The van der Waals surface area contributed by atoms with Crippen LogP contribution in [0.3, 0.4) is 0 Å². The minimum Gasteiger partial charge on any atom is -0.467 e. The zero-order chi connectivity index (χ0) is 23.0. The zero-order valence-electron chi connectivity index (χ0n) is 18.2. The van der Waals surface area contributed by atoms with E-state index in [1.165, 1.54) is 23.3 Å². The van der Waals surface area contributed by atoms with E-state index in [2.05, 4.69) is 10.2 Å². The highest BCUT2D eigenvalue weighted by atomic mass is 35.5. The molecule has 8 nitrogen and oxygen atoms in total. The lowest BCUT2D eigenvalue weighted by atomic mass is 10.1. The first-order chi connectivity index (χ1) is 15.2. The van der Waals surface area contributed by atoms with Crippen molar-refractivity contribution in [3.63, 3.8) is 0 Å². The Kier molecular flexibility index (Phi) is 6.46. The molecular formula is C21H25ClFN3O5S. The Labute approximate surface area is 194 Å². The van der Waals surface area contributed by atoms with Gasteiger partial charge in [0.05, 0.1) is 11.6 Å². The standard InChI is InChI=1S/C21H25ClFN3O5S/c1-21(2,3)31-20(27)26-9-11-7-14(26)16(23)17(11)30-19-25-24-18(32-19)13-6-5-12(22)8-15(13)29-10-28-4/h5-6,8,11,14,16-17H,7,9-10H2,1-4H3/t11?,14?,16-,17-/m1/s1. The first kappa shape index (κ1) is 23.0. The number of rotatable bonds is 6. The van der Waals surface area contributed by atoms with Crippen LogP contribution >= 0.6 is 22.9 Å². The van der Waals surface area contributed by atoms with E-state index in [0.29, 0.717) is 34.3 Å². The fourth-order valence-corrected chi connectivity index (χ4v) is 4.94. The molecule has 1 saturated heterocycles. The van der Waals surface area contributed by atoms with E-state index in [0.717, 1.165) is 0 Å². The number of likely N-dealkylation sites (tertiary alicyclic amines) is 1. The molecule has 1 aliphatic carbocycles. The lowest BCUT2D eigenvalue weighted by Gasteiger charge is -2.34. The fraction of sp³-hybridized carbons (Fsp3) is 0.571. The third kappa shape index (κ3) is 4.77. The number of hydrogen-bond donors (Lipinski definition) is 0. The van der Waals surface area contributed by atoms with Gasteiger partial charge in [0, 0.05) is 24.6 Å². The summed E-state index contributed by atoms with van der Waals surface area (Å²) in [4.78, 5) is 13.9. The van der Waals surface area contributed by atoms with Gasteiger partial charge in [-0.3, -0.25) is 0 Å². The summed E-state index contributed by atoms with van der Waals surface area (Å²) >= 11 is 7.26. The number of ether oxygens (including phenoxy) is 4. The molecule has 1 amide bonds. The van der Waals surface area contributed by atoms with Gasteiger partial charge in [0.15, 0.2) is 18.0 Å². The summed E-state index contributed by atoms with van der Waals surface area (Å²) < 4.78 is 37.0. The molecule has 1 aromatic carbocycles. The lowest BCUT2D eigenvalue weighted by Crippen LogP contribution is -2.51. The molecule has 1 aromatic heterocycles. The molecule has 174 valence electrons. The number of benzene rings is 1. The average molecular weight is 486 g/mol. The second kappa shape index (κ2) is 8.99. The van der Waals surface area contributed by atoms with Gasteiger partial charge in [0.25, 0.3) is 5.19 Å². The highest BCUT2D eigenvalue weighted by molar-refractivity contribution is 7.16. The molecule has 4 atom stereocenters. The van der Waals surface area contributed by atoms with Gasteiger partial charge < -0.3 is 23.8 Å². The van der Waals surface area contributed by atoms with E-state index >= 15 is 4.39 Å². The maximum atomic E-state index is 15.1. The van der Waals surface area contributed by atoms with Gasteiger partial charge in [-0.15, -0.1) is 5.10 Å². The number of methoxy groups -OCH3 is 1. The Morgan fingerprint density at radius 3 is 2.81 bits per heavy atom. The van der Waals surface area contributed by atoms with Crippen LogP contribution in [0.15, 0.2) is 18.2 Å². The number of amides is 1. The molecule has 2 heterocycles. The van der Waals surface area contributed by atoms with Gasteiger partial charge in [0.2, 0.25) is 0 Å². The van der Waals surface area contributed by atoms with E-state index in [1.54, 1.807) is 39.0 Å². The minimum absolute atomic E-state index is 0.0539. The van der Waals surface area contributed by atoms with E-state index in [9.17, 15) is 4.79 Å². The van der Waals surface area contributed by atoms with Crippen LogP contribution in [0.2, 0.25) is 5.02 Å². The second-order valence-electron chi connectivity index (χ2n) is 8.79. The molecule has 1 saturated carbocycles. The first-order valence-electron chi connectivity index (χ1n) is 10.2. The molecule has 0 N–H and O–H groups in total. The lowest BCUT2D eigenvalue weighted by molar-refractivity contribution is -0.0144. The van der Waals surface area contributed by atoms with Crippen molar-refractivity contribution in [1.82, 2.24) is 15.1 Å². The molecule has 1 aliphatic heterocycles. The van der Waals surface area contributed by atoms with Crippen LogP contribution in [0, 0.1) is 5.92 Å². The topological polar surface area (TPSA) is 83.0 Å². The smallest absolute Gasteiger partial charge is 0.410 e. The largest absolute Gasteiger partial charge is 0.467 e. The highest BCUT2D eigenvalue weighted by Crippen LogP contribution is 2.43. The zero-order valence-corrected chi connectivity index (χ0v) is 19.8. The molecule has 2 bridgehead atoms. The minimum atomic E-state index is -1.33. The number of halogens is 2. The van der Waals surface area contributed by atoms with E-state index in [4.69, 9.17) is 30.5 Å². The monoisotopic (exact) mass is 485 g/mol. The maximum absolute atomic E-state index is 15.1. The van der Waals surface area contributed by atoms with Crippen molar-refractivity contribution in [2.24, 2.45) is 5.92 Å². The van der Waals surface area contributed by atoms with Crippen LogP contribution in [-0.4, -0.2) is 65.6 Å². The molecule has 0 radical (unpaired) electrons. The van der Waals surface area contributed by atoms with Crippen molar-refractivity contribution < 1.29 is 28.1 Å². The molecule has 11 heteroatoms. The molecule has 2 fully saturated rings. The maximum Gasteiger partial charge on any atom is 0.410 e.